The highest BCUT2D eigenvalue weighted by Crippen LogP contribution is 2.27. The summed E-state index contributed by atoms with van der Waals surface area (Å²) in [5.41, 5.74) is 2.50. The van der Waals surface area contributed by atoms with Gasteiger partial charge in [-0.3, -0.25) is 4.79 Å². The molecular formula is C14H21N3O. The predicted octanol–water partition coefficient (Wildman–Crippen LogP) is 1.77. The van der Waals surface area contributed by atoms with E-state index in [-0.39, 0.29) is 5.91 Å². The molecule has 0 N–H and O–H groups in total. The van der Waals surface area contributed by atoms with Gasteiger partial charge in [-0.05, 0) is 45.4 Å². The van der Waals surface area contributed by atoms with Crippen LogP contribution in [-0.2, 0) is 24.2 Å². The second kappa shape index (κ2) is 4.75. The number of carbonyl (C=O) groups is 1. The van der Waals surface area contributed by atoms with Crippen LogP contribution in [0, 0.1) is 0 Å². The monoisotopic (exact) mass is 247 g/mol. The van der Waals surface area contributed by atoms with Gasteiger partial charge in [0.05, 0.1) is 12.0 Å². The third kappa shape index (κ3) is 2.16. The van der Waals surface area contributed by atoms with Gasteiger partial charge >= 0.3 is 0 Å². The van der Waals surface area contributed by atoms with Crippen LogP contribution in [0.15, 0.2) is 6.33 Å². The zero-order valence-corrected chi connectivity index (χ0v) is 11.1. The molecule has 3 rings (SSSR count). The van der Waals surface area contributed by atoms with Crippen molar-refractivity contribution in [2.45, 2.75) is 58.0 Å². The quantitative estimate of drug-likeness (QED) is 0.813. The van der Waals surface area contributed by atoms with Crippen molar-refractivity contribution in [3.8, 4) is 0 Å². The van der Waals surface area contributed by atoms with E-state index in [1.165, 1.54) is 37.1 Å². The number of carbonyl (C=O) groups excluding carboxylic acids is 1. The minimum absolute atomic E-state index is 0.255. The van der Waals surface area contributed by atoms with Crippen LogP contribution in [0.4, 0.5) is 0 Å². The lowest BCUT2D eigenvalue weighted by Crippen LogP contribution is -2.35. The molecule has 18 heavy (non-hydrogen) atoms. The number of amides is 1. The Morgan fingerprint density at radius 3 is 2.94 bits per heavy atom. The van der Waals surface area contributed by atoms with Gasteiger partial charge in [0.1, 0.15) is 6.54 Å². The molecule has 1 saturated carbocycles. The van der Waals surface area contributed by atoms with Gasteiger partial charge in [-0.25, -0.2) is 4.98 Å². The first-order chi connectivity index (χ1) is 8.79. The molecule has 0 radical (unpaired) electrons. The molecule has 1 aromatic heterocycles. The Balaban J connectivity index is 1.71. The molecule has 0 aliphatic heterocycles. The van der Waals surface area contributed by atoms with Gasteiger partial charge in [0.25, 0.3) is 0 Å². The summed E-state index contributed by atoms with van der Waals surface area (Å²) < 4.78 is 2.07. The number of imidazole rings is 1. The SMILES string of the molecule is CCN(C(=O)Cn1cnc2c1CCCC2)C1CC1. The molecule has 0 aromatic carbocycles. The molecule has 0 atom stereocenters. The summed E-state index contributed by atoms with van der Waals surface area (Å²) in [4.78, 5) is 18.8. The van der Waals surface area contributed by atoms with Crippen molar-refractivity contribution >= 4 is 5.91 Å². The van der Waals surface area contributed by atoms with Crippen molar-refractivity contribution in [2.24, 2.45) is 0 Å². The molecule has 0 spiro atoms. The Morgan fingerprint density at radius 2 is 2.22 bits per heavy atom. The molecule has 1 fully saturated rings. The predicted molar refractivity (Wildman–Crippen MR) is 69.3 cm³/mol. The second-order valence-corrected chi connectivity index (χ2v) is 5.38. The van der Waals surface area contributed by atoms with Crippen molar-refractivity contribution in [1.82, 2.24) is 14.5 Å². The third-order valence-electron chi connectivity index (χ3n) is 4.06. The standard InChI is InChI=1S/C14H21N3O/c1-2-17(11-7-8-11)14(18)9-16-10-15-12-5-3-4-6-13(12)16/h10-11H,2-9H2,1H3. The van der Waals surface area contributed by atoms with Crippen LogP contribution in [0.1, 0.15) is 44.0 Å². The largest absolute Gasteiger partial charge is 0.338 e. The average Bonchev–Trinajstić information content (AvgIpc) is 3.13. The third-order valence-corrected chi connectivity index (χ3v) is 4.06. The van der Waals surface area contributed by atoms with Crippen LogP contribution in [0.2, 0.25) is 0 Å². The highest BCUT2D eigenvalue weighted by atomic mass is 16.2. The fraction of sp³-hybridized carbons (Fsp3) is 0.714. The van der Waals surface area contributed by atoms with E-state index in [1.54, 1.807) is 0 Å². The van der Waals surface area contributed by atoms with Gasteiger partial charge in [0.15, 0.2) is 0 Å². The Kier molecular flexibility index (Phi) is 3.10. The highest BCUT2D eigenvalue weighted by Gasteiger charge is 2.31. The number of rotatable bonds is 4. The summed E-state index contributed by atoms with van der Waals surface area (Å²) >= 11 is 0. The van der Waals surface area contributed by atoms with E-state index in [1.807, 2.05) is 11.2 Å². The molecule has 4 heteroatoms. The number of aryl methyl sites for hydroxylation is 1. The Hall–Kier alpha value is -1.32. The Morgan fingerprint density at radius 1 is 1.44 bits per heavy atom. The molecular weight excluding hydrogens is 226 g/mol. The molecule has 2 aliphatic carbocycles. The Bertz CT molecular complexity index is 448. The van der Waals surface area contributed by atoms with Crippen molar-refractivity contribution in [2.75, 3.05) is 6.54 Å². The lowest BCUT2D eigenvalue weighted by molar-refractivity contribution is -0.132. The summed E-state index contributed by atoms with van der Waals surface area (Å²) in [5, 5.41) is 0. The van der Waals surface area contributed by atoms with Gasteiger partial charge < -0.3 is 9.47 Å². The molecule has 1 heterocycles. The first-order valence-electron chi connectivity index (χ1n) is 7.12. The summed E-state index contributed by atoms with van der Waals surface area (Å²) in [5.74, 6) is 0.255. The smallest absolute Gasteiger partial charge is 0.242 e. The molecule has 0 unspecified atom stereocenters. The number of hydrogen-bond acceptors (Lipinski definition) is 2. The first-order valence-corrected chi connectivity index (χ1v) is 7.12. The molecule has 1 amide bonds. The summed E-state index contributed by atoms with van der Waals surface area (Å²) in [6, 6.07) is 0.516. The fourth-order valence-electron chi connectivity index (χ4n) is 2.93. The van der Waals surface area contributed by atoms with Crippen LogP contribution < -0.4 is 0 Å². The van der Waals surface area contributed by atoms with Crippen LogP contribution in [0.3, 0.4) is 0 Å². The minimum atomic E-state index is 0.255. The van der Waals surface area contributed by atoms with Crippen molar-refractivity contribution in [3.63, 3.8) is 0 Å². The van der Waals surface area contributed by atoms with E-state index in [0.29, 0.717) is 12.6 Å². The zero-order valence-electron chi connectivity index (χ0n) is 11.1. The lowest BCUT2D eigenvalue weighted by atomic mass is 10.0. The number of hydrogen-bond donors (Lipinski definition) is 0. The normalized spacial score (nSPS) is 18.5. The van der Waals surface area contributed by atoms with Gasteiger partial charge in [-0.2, -0.15) is 0 Å². The first kappa shape index (κ1) is 11.8. The minimum Gasteiger partial charge on any atom is -0.338 e. The summed E-state index contributed by atoms with van der Waals surface area (Å²) in [6.07, 6.45) is 8.85. The van der Waals surface area contributed by atoms with Crippen molar-refractivity contribution in [3.05, 3.63) is 17.7 Å². The van der Waals surface area contributed by atoms with Crippen LogP contribution in [0.5, 0.6) is 0 Å². The lowest BCUT2D eigenvalue weighted by Gasteiger charge is -2.21. The van der Waals surface area contributed by atoms with Crippen LogP contribution >= 0.6 is 0 Å². The van der Waals surface area contributed by atoms with Gasteiger partial charge in [-0.15, -0.1) is 0 Å². The fourth-order valence-corrected chi connectivity index (χ4v) is 2.93. The maximum atomic E-state index is 12.3. The maximum Gasteiger partial charge on any atom is 0.242 e. The van der Waals surface area contributed by atoms with E-state index in [9.17, 15) is 4.79 Å². The summed E-state index contributed by atoms with van der Waals surface area (Å²) in [7, 11) is 0. The van der Waals surface area contributed by atoms with E-state index in [4.69, 9.17) is 0 Å². The van der Waals surface area contributed by atoms with E-state index < -0.39 is 0 Å². The molecule has 98 valence electrons. The summed E-state index contributed by atoms with van der Waals surface area (Å²) in [6.45, 7) is 3.38. The van der Waals surface area contributed by atoms with E-state index >= 15 is 0 Å². The zero-order chi connectivity index (χ0) is 12.5. The second-order valence-electron chi connectivity index (χ2n) is 5.38. The van der Waals surface area contributed by atoms with Gasteiger partial charge in [0.2, 0.25) is 5.91 Å². The number of likely N-dealkylation sites (N-methyl/N-ethyl adjacent to an activating group) is 1. The van der Waals surface area contributed by atoms with Crippen molar-refractivity contribution in [1.29, 1.82) is 0 Å². The Labute approximate surface area is 108 Å². The number of fused-ring (bicyclic) bond motifs is 1. The van der Waals surface area contributed by atoms with E-state index in [0.717, 1.165) is 19.4 Å². The number of aromatic nitrogens is 2. The van der Waals surface area contributed by atoms with Crippen LogP contribution in [-0.4, -0.2) is 32.9 Å². The molecule has 0 bridgehead atoms. The average molecular weight is 247 g/mol. The number of nitrogens with zero attached hydrogens (tertiary/aromatic N) is 3. The van der Waals surface area contributed by atoms with E-state index in [2.05, 4.69) is 16.5 Å². The topological polar surface area (TPSA) is 38.1 Å². The van der Waals surface area contributed by atoms with Crippen LogP contribution in [0.25, 0.3) is 0 Å². The highest BCUT2D eigenvalue weighted by molar-refractivity contribution is 5.76. The maximum absolute atomic E-state index is 12.3. The van der Waals surface area contributed by atoms with Gasteiger partial charge in [0, 0.05) is 18.3 Å². The van der Waals surface area contributed by atoms with Gasteiger partial charge in [-0.1, -0.05) is 0 Å². The molecule has 0 saturated heterocycles. The molecule has 4 nitrogen and oxygen atoms in total. The molecule has 1 aromatic rings. The van der Waals surface area contributed by atoms with Crippen molar-refractivity contribution < 1.29 is 4.79 Å². The molecule has 2 aliphatic rings.